The average Bonchev–Trinajstić information content (AvgIpc) is 3.10. The number of hydrogen-bond donors (Lipinski definition) is 0. The van der Waals surface area contributed by atoms with E-state index in [2.05, 4.69) is 166 Å². The minimum Gasteiger partial charge on any atom is -0.121 e. The molecule has 0 nitrogen and oxygen atoms in total. The molecule has 0 spiro atoms. The van der Waals surface area contributed by atoms with Crippen LogP contribution >= 0.6 is 0 Å². The van der Waals surface area contributed by atoms with Gasteiger partial charge in [-0.05, 0) is 0 Å². The van der Waals surface area contributed by atoms with E-state index >= 15 is 0 Å². The van der Waals surface area contributed by atoms with E-state index in [1.54, 1.807) is 0 Å². The Bertz CT molecular complexity index is 1210. The summed E-state index contributed by atoms with van der Waals surface area (Å²) in [6, 6.07) is 62.8. The molecule has 0 amide bonds. The van der Waals surface area contributed by atoms with E-state index in [1.165, 1.54) is 51.1 Å². The van der Waals surface area contributed by atoms with Crippen molar-refractivity contribution in [3.63, 3.8) is 0 Å². The largest absolute Gasteiger partial charge is 3.00 e. The van der Waals surface area contributed by atoms with Gasteiger partial charge in [-0.1, -0.05) is 130 Å². The summed E-state index contributed by atoms with van der Waals surface area (Å²) >= 11 is 0. The van der Waals surface area contributed by atoms with Crippen molar-refractivity contribution in [2.75, 3.05) is 0 Å². The zero-order chi connectivity index (χ0) is 29.4. The first-order chi connectivity index (χ1) is 20.6. The van der Waals surface area contributed by atoms with Gasteiger partial charge in [-0.2, -0.15) is 0 Å². The van der Waals surface area contributed by atoms with Crippen molar-refractivity contribution in [3.05, 3.63) is 233 Å². The van der Waals surface area contributed by atoms with Crippen molar-refractivity contribution >= 4 is 0 Å². The molecule has 0 aliphatic heterocycles. The van der Waals surface area contributed by atoms with Crippen LogP contribution in [0.15, 0.2) is 182 Å². The summed E-state index contributed by atoms with van der Waals surface area (Å²) in [6.07, 6.45) is 0. The zero-order valence-electron chi connectivity index (χ0n) is 25.2. The fourth-order valence-electron chi connectivity index (χ4n) is 4.63. The second-order valence-electron chi connectivity index (χ2n) is 10.1. The van der Waals surface area contributed by atoms with Crippen molar-refractivity contribution in [1.29, 1.82) is 0 Å². The Balaban J connectivity index is 0.000000175. The Labute approximate surface area is 270 Å². The third kappa shape index (κ3) is 10.4. The first kappa shape index (κ1) is 33.0. The van der Waals surface area contributed by atoms with E-state index in [9.17, 15) is 0 Å². The third-order valence-electron chi connectivity index (χ3n) is 7.24. The summed E-state index contributed by atoms with van der Waals surface area (Å²) in [7, 11) is 0. The minimum absolute atomic E-state index is 0. The number of benzene rings is 6. The zero-order valence-corrected chi connectivity index (χ0v) is 26.5. The first-order valence-electron chi connectivity index (χ1n) is 14.5. The van der Waals surface area contributed by atoms with Crippen molar-refractivity contribution < 1.29 is 17.4 Å². The van der Waals surface area contributed by atoms with Gasteiger partial charge in [0.05, 0.1) is 0 Å². The molecule has 213 valence electrons. The van der Waals surface area contributed by atoms with E-state index in [0.29, 0.717) is 0 Å². The molecule has 0 aliphatic rings. The summed E-state index contributed by atoms with van der Waals surface area (Å²) in [6.45, 7) is 6.47. The first-order valence-corrected chi connectivity index (χ1v) is 14.5. The molecular formula is C42H39Cr. The van der Waals surface area contributed by atoms with Crippen LogP contribution in [0.2, 0.25) is 0 Å². The van der Waals surface area contributed by atoms with Crippen LogP contribution < -0.4 is 0 Å². The van der Waals surface area contributed by atoms with Gasteiger partial charge >= 0.3 is 17.4 Å². The van der Waals surface area contributed by atoms with Gasteiger partial charge in [-0.3, -0.25) is 0 Å². The van der Waals surface area contributed by atoms with Crippen LogP contribution in [0.1, 0.15) is 54.2 Å². The molecule has 0 bridgehead atoms. The summed E-state index contributed by atoms with van der Waals surface area (Å²) in [4.78, 5) is 0. The van der Waals surface area contributed by atoms with Crippen molar-refractivity contribution in [2.45, 2.75) is 20.8 Å². The van der Waals surface area contributed by atoms with Crippen LogP contribution in [0.4, 0.5) is 0 Å². The second kappa shape index (κ2) is 18.1. The summed E-state index contributed by atoms with van der Waals surface area (Å²) in [5.74, 6) is 3.98. The number of hydrogen-bond acceptors (Lipinski definition) is 0. The standard InChI is InChI=1S/3C14H13.Cr/c3*1-12(13-8-4-2-5-9-13)14-10-6-3-7-11-14;/h3*2-11H,1H3;/q3*-1;+3. The molecule has 6 rings (SSSR count). The Morgan fingerprint density at radius 3 is 0.465 bits per heavy atom. The third-order valence-corrected chi connectivity index (χ3v) is 7.24. The molecule has 0 saturated carbocycles. The minimum atomic E-state index is 0. The maximum atomic E-state index is 2.16. The van der Waals surface area contributed by atoms with E-state index in [0.717, 1.165) is 0 Å². The Morgan fingerprint density at radius 1 is 0.233 bits per heavy atom. The van der Waals surface area contributed by atoms with Crippen LogP contribution in [-0.2, 0) is 17.4 Å². The molecule has 43 heavy (non-hydrogen) atoms. The summed E-state index contributed by atoms with van der Waals surface area (Å²) in [5.41, 5.74) is 7.74. The molecular weight excluding hydrogens is 556 g/mol. The van der Waals surface area contributed by atoms with Gasteiger partial charge in [0.25, 0.3) is 0 Å². The van der Waals surface area contributed by atoms with E-state index in [4.69, 9.17) is 0 Å². The maximum Gasteiger partial charge on any atom is 3.00 e. The molecule has 0 aliphatic carbocycles. The normalized spacial score (nSPS) is 9.56. The van der Waals surface area contributed by atoms with Crippen LogP contribution in [0, 0.1) is 17.8 Å². The van der Waals surface area contributed by atoms with Gasteiger partial charge < -0.3 is 0 Å². The molecule has 0 N–H and O–H groups in total. The van der Waals surface area contributed by atoms with Gasteiger partial charge in [0, 0.05) is 0 Å². The predicted molar refractivity (Wildman–Crippen MR) is 180 cm³/mol. The predicted octanol–water partition coefficient (Wildman–Crippen LogP) is 11.0. The van der Waals surface area contributed by atoms with E-state index in [1.807, 2.05) is 36.4 Å². The average molecular weight is 596 g/mol. The smallest absolute Gasteiger partial charge is 0.121 e. The van der Waals surface area contributed by atoms with Gasteiger partial charge in [-0.15, -0.1) is 124 Å². The molecule has 0 saturated heterocycles. The maximum absolute atomic E-state index is 2.16. The second-order valence-corrected chi connectivity index (χ2v) is 10.1. The summed E-state index contributed by atoms with van der Waals surface area (Å²) in [5, 5.41) is 0. The monoisotopic (exact) mass is 595 g/mol. The quantitative estimate of drug-likeness (QED) is 0.168. The van der Waals surface area contributed by atoms with Gasteiger partial charge in [-0.25, -0.2) is 0 Å². The topological polar surface area (TPSA) is 0 Å². The van der Waals surface area contributed by atoms with E-state index < -0.39 is 0 Å². The fraction of sp³-hybridized carbons (Fsp3) is 0.0714. The van der Waals surface area contributed by atoms with Crippen molar-refractivity contribution in [2.24, 2.45) is 0 Å². The van der Waals surface area contributed by atoms with Crippen LogP contribution in [-0.4, -0.2) is 0 Å². The Hall–Kier alpha value is -4.54. The fourth-order valence-corrected chi connectivity index (χ4v) is 4.63. The number of rotatable bonds is 6. The van der Waals surface area contributed by atoms with Crippen LogP contribution in [0.5, 0.6) is 0 Å². The molecule has 0 unspecified atom stereocenters. The van der Waals surface area contributed by atoms with Gasteiger partial charge in [0.1, 0.15) is 0 Å². The Kier molecular flexibility index (Phi) is 13.9. The molecule has 6 aromatic carbocycles. The molecule has 0 aromatic heterocycles. The molecule has 1 radical (unpaired) electrons. The summed E-state index contributed by atoms with van der Waals surface area (Å²) < 4.78 is 0. The SMILES string of the molecule is C[C-](c1ccccc1)c1ccccc1.C[C-](c1ccccc1)c1ccccc1.C[C-](c1ccccc1)c1ccccc1.[Cr+3]. The van der Waals surface area contributed by atoms with Crippen LogP contribution in [0.25, 0.3) is 0 Å². The van der Waals surface area contributed by atoms with Gasteiger partial charge in [0.2, 0.25) is 0 Å². The van der Waals surface area contributed by atoms with Crippen LogP contribution in [0.3, 0.4) is 0 Å². The molecule has 1 heteroatoms. The van der Waals surface area contributed by atoms with Gasteiger partial charge in [0.15, 0.2) is 0 Å². The Morgan fingerprint density at radius 2 is 0.349 bits per heavy atom. The van der Waals surface area contributed by atoms with Crippen molar-refractivity contribution in [1.82, 2.24) is 0 Å². The molecule has 0 fully saturated rings. The van der Waals surface area contributed by atoms with E-state index in [-0.39, 0.29) is 17.4 Å². The molecule has 0 atom stereocenters. The molecule has 0 heterocycles. The van der Waals surface area contributed by atoms with Crippen molar-refractivity contribution in [3.8, 4) is 0 Å². The molecule has 6 aromatic rings.